The number of aliphatic hydroxyl groups is 1. The lowest BCUT2D eigenvalue weighted by molar-refractivity contribution is -0.117. The summed E-state index contributed by atoms with van der Waals surface area (Å²) < 4.78 is 0. The molecule has 1 aliphatic heterocycles. The van der Waals surface area contributed by atoms with Crippen LogP contribution in [0, 0.1) is 0 Å². The van der Waals surface area contributed by atoms with E-state index < -0.39 is 0 Å². The lowest BCUT2D eigenvalue weighted by atomic mass is 10.3. The van der Waals surface area contributed by atoms with Gasteiger partial charge in [-0.2, -0.15) is 0 Å². The molecule has 82 valence electrons. The minimum Gasteiger partial charge on any atom is -0.396 e. The first-order valence-corrected chi connectivity index (χ1v) is 5.31. The molecule has 1 N–H and O–H groups in total. The van der Waals surface area contributed by atoms with Crippen LogP contribution in [0.2, 0.25) is 0 Å². The molecule has 0 fully saturated rings. The molecule has 0 saturated carbocycles. The first-order valence-electron chi connectivity index (χ1n) is 4.33. The van der Waals surface area contributed by atoms with E-state index in [1.807, 2.05) is 6.92 Å². The van der Waals surface area contributed by atoms with Gasteiger partial charge in [0.25, 0.3) is 0 Å². The maximum atomic E-state index is 10.9. The topological polar surface area (TPSA) is 40.5 Å². The van der Waals surface area contributed by atoms with Crippen molar-refractivity contribution in [2.45, 2.75) is 20.3 Å². The first kappa shape index (κ1) is 13.8. The van der Waals surface area contributed by atoms with Crippen LogP contribution in [-0.4, -0.2) is 34.8 Å². The van der Waals surface area contributed by atoms with Gasteiger partial charge in [0, 0.05) is 23.6 Å². The summed E-state index contributed by atoms with van der Waals surface area (Å²) in [6.45, 7) is 4.29. The summed E-state index contributed by atoms with van der Waals surface area (Å²) in [7, 11) is 0. The Morgan fingerprint density at radius 3 is 2.79 bits per heavy atom. The highest BCUT2D eigenvalue weighted by atomic mass is 35.5. The van der Waals surface area contributed by atoms with Crippen molar-refractivity contribution < 1.29 is 9.90 Å². The molecule has 0 spiro atoms. The number of carbonyl (C=O) groups excluding carboxylic acids is 1. The average molecular weight is 238 g/mol. The second-order valence-electron chi connectivity index (χ2n) is 3.16. The summed E-state index contributed by atoms with van der Waals surface area (Å²) in [4.78, 5) is 14.2. The number of aliphatic hydroxyl groups excluding tert-OH is 1. The van der Waals surface area contributed by atoms with E-state index in [0.29, 0.717) is 13.0 Å². The van der Waals surface area contributed by atoms with Crippen LogP contribution in [0.25, 0.3) is 0 Å². The van der Waals surface area contributed by atoms with Crippen molar-refractivity contribution in [1.29, 1.82) is 0 Å². The van der Waals surface area contributed by atoms with E-state index in [0.717, 1.165) is 11.6 Å². The quantitative estimate of drug-likeness (QED) is 0.807. The van der Waals surface area contributed by atoms with Crippen LogP contribution in [0.15, 0.2) is 10.6 Å². The van der Waals surface area contributed by atoms with Crippen LogP contribution in [0.5, 0.6) is 0 Å². The third kappa shape index (κ3) is 3.52. The Kier molecular flexibility index (Phi) is 6.24. The maximum absolute atomic E-state index is 10.9. The minimum absolute atomic E-state index is 0. The van der Waals surface area contributed by atoms with E-state index >= 15 is 0 Å². The number of hydrogen-bond acceptors (Lipinski definition) is 4. The first-order chi connectivity index (χ1) is 6.15. The van der Waals surface area contributed by atoms with Gasteiger partial charge in [-0.1, -0.05) is 0 Å². The number of ketones is 1. The summed E-state index contributed by atoms with van der Waals surface area (Å²) in [6, 6.07) is 0. The Labute approximate surface area is 95.0 Å². The van der Waals surface area contributed by atoms with Gasteiger partial charge >= 0.3 is 0 Å². The molecule has 0 aliphatic carbocycles. The molecule has 0 saturated heterocycles. The number of rotatable bonds is 4. The number of carbonyl (C=O) groups is 1. The molecule has 14 heavy (non-hydrogen) atoms. The zero-order valence-corrected chi connectivity index (χ0v) is 10.1. The molecule has 0 bridgehead atoms. The van der Waals surface area contributed by atoms with Gasteiger partial charge in [0.05, 0.1) is 12.4 Å². The van der Waals surface area contributed by atoms with Crippen LogP contribution in [0.3, 0.4) is 0 Å². The maximum Gasteiger partial charge on any atom is 0.149 e. The zero-order valence-electron chi connectivity index (χ0n) is 8.45. The predicted octanol–water partition coefficient (Wildman–Crippen LogP) is 1.62. The molecule has 0 unspecified atom stereocenters. The number of allylic oxidation sites excluding steroid dienone is 1. The molecule has 1 rings (SSSR count). The van der Waals surface area contributed by atoms with Crippen molar-refractivity contribution in [2.75, 3.05) is 19.0 Å². The van der Waals surface area contributed by atoms with Gasteiger partial charge in [-0.05, 0) is 13.8 Å². The van der Waals surface area contributed by atoms with E-state index in [2.05, 4.69) is 4.90 Å². The Morgan fingerprint density at radius 1 is 1.64 bits per heavy atom. The van der Waals surface area contributed by atoms with Crippen LogP contribution >= 0.6 is 24.2 Å². The SMILES string of the molecule is CC(=O)CN1CSC(CCO)=C1C.Cl. The standard InChI is InChI=1S/C9H15NO2S.ClH/c1-7(12)5-10-6-13-9(3-4-11)8(10)2;/h11H,3-6H2,1-2H3;1H. The minimum atomic E-state index is 0. The Morgan fingerprint density at radius 2 is 2.29 bits per heavy atom. The highest BCUT2D eigenvalue weighted by molar-refractivity contribution is 8.03. The summed E-state index contributed by atoms with van der Waals surface area (Å²) in [6.07, 6.45) is 0.713. The molecule has 0 amide bonds. The number of halogens is 1. The van der Waals surface area contributed by atoms with Gasteiger partial charge in [-0.15, -0.1) is 24.2 Å². The second kappa shape index (κ2) is 6.32. The Balaban J connectivity index is 0.00000169. The largest absolute Gasteiger partial charge is 0.396 e. The van der Waals surface area contributed by atoms with Gasteiger partial charge in [0.15, 0.2) is 0 Å². The van der Waals surface area contributed by atoms with E-state index in [1.165, 1.54) is 4.91 Å². The molecule has 1 aliphatic rings. The fraction of sp³-hybridized carbons (Fsp3) is 0.667. The fourth-order valence-electron chi connectivity index (χ4n) is 1.32. The van der Waals surface area contributed by atoms with Crippen molar-refractivity contribution in [3.05, 3.63) is 10.6 Å². The van der Waals surface area contributed by atoms with Crippen molar-refractivity contribution in [1.82, 2.24) is 4.90 Å². The zero-order chi connectivity index (χ0) is 9.84. The van der Waals surface area contributed by atoms with Crippen LogP contribution in [0.1, 0.15) is 20.3 Å². The highest BCUT2D eigenvalue weighted by Crippen LogP contribution is 2.33. The Bertz CT molecular complexity index is 243. The molecule has 0 radical (unpaired) electrons. The third-order valence-corrected chi connectivity index (χ3v) is 3.31. The summed E-state index contributed by atoms with van der Waals surface area (Å²) in [5.74, 6) is 1.03. The summed E-state index contributed by atoms with van der Waals surface area (Å²) in [5.41, 5.74) is 1.15. The third-order valence-electron chi connectivity index (χ3n) is 2.02. The summed E-state index contributed by atoms with van der Waals surface area (Å²) >= 11 is 1.72. The molecule has 5 heteroatoms. The number of Topliss-reactive ketones (excluding diaryl/α,β-unsaturated/α-hetero) is 1. The molecule has 0 atom stereocenters. The van der Waals surface area contributed by atoms with Crippen molar-refractivity contribution in [3.63, 3.8) is 0 Å². The van der Waals surface area contributed by atoms with Crippen molar-refractivity contribution >= 4 is 30.0 Å². The van der Waals surface area contributed by atoms with E-state index in [9.17, 15) is 4.79 Å². The van der Waals surface area contributed by atoms with Gasteiger partial charge in [0.2, 0.25) is 0 Å². The van der Waals surface area contributed by atoms with Crippen LogP contribution in [0.4, 0.5) is 0 Å². The van der Waals surface area contributed by atoms with E-state index in [4.69, 9.17) is 5.11 Å². The molecule has 0 aromatic carbocycles. The van der Waals surface area contributed by atoms with Crippen molar-refractivity contribution in [3.8, 4) is 0 Å². The van der Waals surface area contributed by atoms with Crippen LogP contribution in [-0.2, 0) is 4.79 Å². The molecule has 1 heterocycles. The number of nitrogens with zero attached hydrogens (tertiary/aromatic N) is 1. The van der Waals surface area contributed by atoms with Gasteiger partial charge < -0.3 is 10.0 Å². The number of hydrogen-bond donors (Lipinski definition) is 1. The summed E-state index contributed by atoms with van der Waals surface area (Å²) in [5, 5.41) is 8.78. The Hall–Kier alpha value is -0.190. The molecular weight excluding hydrogens is 222 g/mol. The predicted molar refractivity (Wildman–Crippen MR) is 61.5 cm³/mol. The second-order valence-corrected chi connectivity index (χ2v) is 4.20. The van der Waals surface area contributed by atoms with Gasteiger partial charge in [0.1, 0.15) is 5.78 Å². The van der Waals surface area contributed by atoms with Crippen LogP contribution < -0.4 is 0 Å². The molecule has 3 nitrogen and oxygen atoms in total. The fourth-order valence-corrected chi connectivity index (χ4v) is 2.49. The molecule has 0 aromatic rings. The van der Waals surface area contributed by atoms with E-state index in [1.54, 1.807) is 18.7 Å². The van der Waals surface area contributed by atoms with Gasteiger partial charge in [-0.25, -0.2) is 0 Å². The molecular formula is C9H16ClNO2S. The smallest absolute Gasteiger partial charge is 0.149 e. The number of thioether (sulfide) groups is 1. The highest BCUT2D eigenvalue weighted by Gasteiger charge is 2.19. The average Bonchev–Trinajstić information content (AvgIpc) is 2.36. The van der Waals surface area contributed by atoms with Gasteiger partial charge in [-0.3, -0.25) is 4.79 Å². The van der Waals surface area contributed by atoms with Crippen molar-refractivity contribution in [2.24, 2.45) is 0 Å². The van der Waals surface area contributed by atoms with E-state index in [-0.39, 0.29) is 24.8 Å². The lowest BCUT2D eigenvalue weighted by Crippen LogP contribution is -2.23. The lowest BCUT2D eigenvalue weighted by Gasteiger charge is -2.16. The normalized spacial score (nSPS) is 15.8. The molecule has 0 aromatic heterocycles. The monoisotopic (exact) mass is 237 g/mol.